The molecule has 0 saturated heterocycles. The lowest BCUT2D eigenvalue weighted by Gasteiger charge is -2.16. The summed E-state index contributed by atoms with van der Waals surface area (Å²) >= 11 is 2.10. The van der Waals surface area contributed by atoms with Crippen LogP contribution >= 0.6 is 0 Å². The molecule has 0 spiro atoms. The fourth-order valence-corrected chi connectivity index (χ4v) is 3.47. The number of rotatable bonds is 17. The standard InChI is InChI=1S/C19H37NO5S2/c1-7-8-11-20-26-16(4)25-27-19(5,6)10-9-12-23-13-17(21)14-24-18(22)15(2)3/h16-17,20-21H,2,7-14H2,1,3-6H3/p+2. The first-order valence-corrected chi connectivity index (χ1v) is 11.3. The molecule has 2 atom stereocenters. The number of carbonyl (C=O) groups is 1. The monoisotopic (exact) mass is 425 g/mol. The minimum Gasteiger partial charge on any atom is -0.460 e. The van der Waals surface area contributed by atoms with Crippen molar-refractivity contribution in [1.82, 2.24) is 4.72 Å². The summed E-state index contributed by atoms with van der Waals surface area (Å²) in [5.41, 5.74) is 0.480. The van der Waals surface area contributed by atoms with Gasteiger partial charge in [0, 0.05) is 32.1 Å². The van der Waals surface area contributed by atoms with Crippen molar-refractivity contribution < 1.29 is 23.6 Å². The van der Waals surface area contributed by atoms with Crippen molar-refractivity contribution in [2.24, 2.45) is 0 Å². The molecular weight excluding hydrogens is 386 g/mol. The molecule has 0 aromatic heterocycles. The van der Waals surface area contributed by atoms with Gasteiger partial charge in [-0.1, -0.05) is 19.9 Å². The lowest BCUT2D eigenvalue weighted by molar-refractivity contribution is -0.143. The molecule has 0 rings (SSSR count). The number of hydrogen-bond acceptors (Lipinski definition) is 6. The van der Waals surface area contributed by atoms with Crippen LogP contribution in [0.5, 0.6) is 0 Å². The summed E-state index contributed by atoms with van der Waals surface area (Å²) in [7, 11) is 0. The molecule has 160 valence electrons. The Labute approximate surface area is 173 Å². The molecule has 0 bridgehead atoms. The van der Waals surface area contributed by atoms with Crippen LogP contribution in [0.1, 0.15) is 60.3 Å². The van der Waals surface area contributed by atoms with E-state index in [0.29, 0.717) is 12.2 Å². The molecule has 2 N–H and O–H groups in total. The van der Waals surface area contributed by atoms with Crippen molar-refractivity contribution in [2.75, 3.05) is 26.4 Å². The quantitative estimate of drug-likeness (QED) is 0.122. The van der Waals surface area contributed by atoms with Crippen LogP contribution in [0, 0.1) is 0 Å². The van der Waals surface area contributed by atoms with Crippen LogP contribution in [0.4, 0.5) is 0 Å². The molecule has 0 amide bonds. The minimum absolute atomic E-state index is 0.0478. The van der Waals surface area contributed by atoms with Gasteiger partial charge >= 0.3 is 5.97 Å². The Hall–Kier alpha value is -0.250. The summed E-state index contributed by atoms with van der Waals surface area (Å²) in [6, 6.07) is 0. The number of aliphatic hydroxyl groups excluding tert-OH is 1. The predicted molar refractivity (Wildman–Crippen MR) is 117 cm³/mol. The van der Waals surface area contributed by atoms with E-state index in [9.17, 15) is 9.90 Å². The summed E-state index contributed by atoms with van der Waals surface area (Å²) in [4.78, 5) is 11.2. The molecule has 6 nitrogen and oxygen atoms in total. The van der Waals surface area contributed by atoms with E-state index >= 15 is 0 Å². The van der Waals surface area contributed by atoms with Crippen molar-refractivity contribution in [3.8, 4) is 0 Å². The third-order valence-corrected chi connectivity index (χ3v) is 5.69. The average Bonchev–Trinajstić information content (AvgIpc) is 2.61. The minimum atomic E-state index is -0.817. The van der Waals surface area contributed by atoms with Gasteiger partial charge < -0.3 is 14.6 Å². The van der Waals surface area contributed by atoms with Gasteiger partial charge in [0.2, 0.25) is 0 Å². The summed E-state index contributed by atoms with van der Waals surface area (Å²) in [6.07, 6.45) is 3.41. The Balaban J connectivity index is 3.73. The van der Waals surface area contributed by atoms with Crippen molar-refractivity contribution in [3.05, 3.63) is 12.2 Å². The van der Waals surface area contributed by atoms with Crippen molar-refractivity contribution in [1.29, 1.82) is 0 Å². The van der Waals surface area contributed by atoms with Crippen LogP contribution in [0.3, 0.4) is 0 Å². The molecular formula is C19H39NO5S2+2. The zero-order chi connectivity index (χ0) is 20.7. The second kappa shape index (κ2) is 15.6. The number of hydrogen-bond donors (Lipinski definition) is 2. The van der Waals surface area contributed by atoms with E-state index in [4.69, 9.17) is 13.7 Å². The van der Waals surface area contributed by atoms with Gasteiger partial charge in [-0.2, -0.15) is 0 Å². The highest BCUT2D eigenvalue weighted by molar-refractivity contribution is 7.79. The van der Waals surface area contributed by atoms with Gasteiger partial charge in [-0.05, 0) is 33.6 Å². The summed E-state index contributed by atoms with van der Waals surface area (Å²) in [5, 5.41) is 9.73. The first-order valence-electron chi connectivity index (χ1n) is 9.57. The molecule has 0 aromatic carbocycles. The first kappa shape index (κ1) is 26.8. The Morgan fingerprint density at radius 1 is 1.30 bits per heavy atom. The van der Waals surface area contributed by atoms with Crippen LogP contribution in [-0.2, 0) is 42.4 Å². The maximum absolute atomic E-state index is 11.2. The second-order valence-corrected chi connectivity index (χ2v) is 10.1. The summed E-state index contributed by atoms with van der Waals surface area (Å²) < 4.78 is 19.7. The number of esters is 1. The van der Waals surface area contributed by atoms with E-state index in [2.05, 4.69) is 39.0 Å². The second-order valence-electron chi connectivity index (χ2n) is 7.21. The maximum atomic E-state index is 11.2. The third kappa shape index (κ3) is 16.4. The molecule has 0 aromatic rings. The number of thiol groups is 2. The molecule has 0 heterocycles. The number of carbonyl (C=O) groups excluding carboxylic acids is 1. The lowest BCUT2D eigenvalue weighted by Crippen LogP contribution is -2.30. The van der Waals surface area contributed by atoms with Gasteiger partial charge in [0.1, 0.15) is 24.8 Å². The van der Waals surface area contributed by atoms with Crippen LogP contribution in [0.2, 0.25) is 0 Å². The van der Waals surface area contributed by atoms with Crippen LogP contribution in [-0.4, -0.2) is 53.7 Å². The molecule has 0 fully saturated rings. The van der Waals surface area contributed by atoms with Gasteiger partial charge in [-0.15, -0.1) is 8.91 Å². The number of ether oxygens (including phenoxy) is 2. The highest BCUT2D eigenvalue weighted by atomic mass is 32.2. The molecule has 27 heavy (non-hydrogen) atoms. The lowest BCUT2D eigenvalue weighted by atomic mass is 10.1. The molecule has 0 saturated carbocycles. The number of unbranched alkanes of at least 4 members (excludes halogenated alkanes) is 1. The molecule has 0 aliphatic rings. The zero-order valence-corrected chi connectivity index (χ0v) is 19.3. The smallest absolute Gasteiger partial charge is 0.333 e. The number of aliphatic hydroxyl groups is 1. The van der Waals surface area contributed by atoms with Gasteiger partial charge in [-0.25, -0.2) is 4.79 Å². The topological polar surface area (TPSA) is 77.0 Å². The van der Waals surface area contributed by atoms with E-state index in [1.165, 1.54) is 12.8 Å². The fourth-order valence-electron chi connectivity index (χ4n) is 1.91. The van der Waals surface area contributed by atoms with Gasteiger partial charge in [-0.3, -0.25) is 0 Å². The highest BCUT2D eigenvalue weighted by Crippen LogP contribution is 2.19. The molecule has 0 radical (unpaired) electrons. The molecule has 0 aliphatic carbocycles. The van der Waals surface area contributed by atoms with Crippen molar-refractivity contribution in [3.63, 3.8) is 0 Å². The fraction of sp³-hybridized carbons (Fsp3) is 0.842. The van der Waals surface area contributed by atoms with E-state index in [1.807, 2.05) is 0 Å². The van der Waals surface area contributed by atoms with E-state index < -0.39 is 12.1 Å². The maximum Gasteiger partial charge on any atom is 0.333 e. The average molecular weight is 426 g/mol. The largest absolute Gasteiger partial charge is 0.460 e. The SMILES string of the molecule is C=C(C)C(=O)OCC(O)COCCCC(C)(C)[SH+]OC(C)[SH+]NCCCC. The highest BCUT2D eigenvalue weighted by Gasteiger charge is 2.31. The van der Waals surface area contributed by atoms with E-state index in [-0.39, 0.29) is 23.4 Å². The van der Waals surface area contributed by atoms with Crippen LogP contribution < -0.4 is 4.72 Å². The summed E-state index contributed by atoms with van der Waals surface area (Å²) in [5.74, 6) is -0.496. The Morgan fingerprint density at radius 2 is 2.00 bits per heavy atom. The molecule has 0 aliphatic heterocycles. The third-order valence-electron chi connectivity index (χ3n) is 3.51. The Kier molecular flexibility index (Phi) is 15.5. The Morgan fingerprint density at radius 3 is 2.63 bits per heavy atom. The van der Waals surface area contributed by atoms with Gasteiger partial charge in [0.15, 0.2) is 4.75 Å². The predicted octanol–water partition coefficient (Wildman–Crippen LogP) is 2.25. The van der Waals surface area contributed by atoms with E-state index in [0.717, 1.165) is 43.4 Å². The van der Waals surface area contributed by atoms with Crippen LogP contribution in [0.15, 0.2) is 12.2 Å². The first-order chi connectivity index (χ1) is 12.7. The molecule has 2 unspecified atom stereocenters. The van der Waals surface area contributed by atoms with Crippen molar-refractivity contribution >= 4 is 30.0 Å². The van der Waals surface area contributed by atoms with Gasteiger partial charge in [0.05, 0.1) is 18.6 Å². The summed E-state index contributed by atoms with van der Waals surface area (Å²) in [6.45, 7) is 15.3. The normalized spacial score (nSPS) is 14.0. The molecule has 8 heteroatoms. The Bertz CT molecular complexity index is 421. The number of nitrogens with one attached hydrogen (secondary N) is 1. The van der Waals surface area contributed by atoms with Crippen molar-refractivity contribution in [2.45, 2.75) is 76.6 Å². The van der Waals surface area contributed by atoms with Crippen LogP contribution in [0.25, 0.3) is 0 Å². The zero-order valence-electron chi connectivity index (χ0n) is 17.5. The van der Waals surface area contributed by atoms with E-state index in [1.54, 1.807) is 6.92 Å². The van der Waals surface area contributed by atoms with Gasteiger partial charge in [0.25, 0.3) is 5.44 Å².